The van der Waals surface area contributed by atoms with Crippen molar-refractivity contribution in [3.8, 4) is 0 Å². The van der Waals surface area contributed by atoms with Gasteiger partial charge in [-0.25, -0.2) is 0 Å². The van der Waals surface area contributed by atoms with Crippen molar-refractivity contribution in [2.45, 2.75) is 0 Å². The number of rotatable bonds is 5. The molecular formula is C13H13ClN2OS. The van der Waals surface area contributed by atoms with Crippen LogP contribution in [0.1, 0.15) is 9.67 Å². The minimum absolute atomic E-state index is 0.0817. The van der Waals surface area contributed by atoms with E-state index in [0.717, 1.165) is 5.69 Å². The summed E-state index contributed by atoms with van der Waals surface area (Å²) in [4.78, 5) is 12.3. The molecule has 2 rings (SSSR count). The Balaban J connectivity index is 1.71. The van der Waals surface area contributed by atoms with Gasteiger partial charge in [-0.15, -0.1) is 11.3 Å². The van der Waals surface area contributed by atoms with E-state index in [-0.39, 0.29) is 5.91 Å². The highest BCUT2D eigenvalue weighted by molar-refractivity contribution is 7.17. The summed E-state index contributed by atoms with van der Waals surface area (Å²) in [6.45, 7) is 1.26. The fraction of sp³-hybridized carbons (Fsp3) is 0.154. The summed E-state index contributed by atoms with van der Waals surface area (Å²) in [6.07, 6.45) is 0. The molecule has 0 unspecified atom stereocenters. The van der Waals surface area contributed by atoms with Crippen LogP contribution in [0.2, 0.25) is 4.34 Å². The van der Waals surface area contributed by atoms with Gasteiger partial charge in [-0.1, -0.05) is 29.8 Å². The van der Waals surface area contributed by atoms with E-state index in [9.17, 15) is 4.79 Å². The number of carbonyl (C=O) groups excluding carboxylic acids is 1. The Morgan fingerprint density at radius 3 is 2.56 bits per heavy atom. The number of benzene rings is 1. The average molecular weight is 281 g/mol. The maximum atomic E-state index is 11.7. The van der Waals surface area contributed by atoms with Gasteiger partial charge in [0.25, 0.3) is 5.91 Å². The van der Waals surface area contributed by atoms with E-state index in [1.54, 1.807) is 12.1 Å². The van der Waals surface area contributed by atoms with E-state index < -0.39 is 0 Å². The van der Waals surface area contributed by atoms with Crippen molar-refractivity contribution in [3.63, 3.8) is 0 Å². The highest BCUT2D eigenvalue weighted by atomic mass is 35.5. The van der Waals surface area contributed by atoms with E-state index in [1.807, 2.05) is 30.3 Å². The average Bonchev–Trinajstić information content (AvgIpc) is 2.82. The first-order valence-corrected chi connectivity index (χ1v) is 6.77. The molecule has 94 valence electrons. The molecule has 0 radical (unpaired) electrons. The number of amides is 1. The van der Waals surface area contributed by atoms with Gasteiger partial charge in [-0.3, -0.25) is 4.79 Å². The summed E-state index contributed by atoms with van der Waals surface area (Å²) in [6, 6.07) is 13.3. The van der Waals surface area contributed by atoms with Crippen molar-refractivity contribution in [1.82, 2.24) is 5.32 Å². The third kappa shape index (κ3) is 3.75. The first-order valence-electron chi connectivity index (χ1n) is 5.58. The molecule has 1 amide bonds. The zero-order valence-electron chi connectivity index (χ0n) is 9.65. The first kappa shape index (κ1) is 12.9. The molecular weight excluding hydrogens is 268 g/mol. The van der Waals surface area contributed by atoms with Crippen LogP contribution in [0.4, 0.5) is 5.69 Å². The Hall–Kier alpha value is -1.52. The van der Waals surface area contributed by atoms with Gasteiger partial charge in [0.05, 0.1) is 9.21 Å². The lowest BCUT2D eigenvalue weighted by Crippen LogP contribution is -2.28. The molecule has 0 atom stereocenters. The van der Waals surface area contributed by atoms with Crippen LogP contribution >= 0.6 is 22.9 Å². The standard InChI is InChI=1S/C13H13ClN2OS/c14-12-7-6-11(18-12)13(17)16-9-8-15-10-4-2-1-3-5-10/h1-7,15H,8-9H2,(H,16,17). The molecule has 0 aliphatic heterocycles. The molecule has 1 heterocycles. The lowest BCUT2D eigenvalue weighted by atomic mass is 10.3. The monoisotopic (exact) mass is 280 g/mol. The summed E-state index contributed by atoms with van der Waals surface area (Å²) in [5.41, 5.74) is 1.05. The van der Waals surface area contributed by atoms with Gasteiger partial charge < -0.3 is 10.6 Å². The van der Waals surface area contributed by atoms with Gasteiger partial charge in [0.2, 0.25) is 0 Å². The molecule has 0 saturated heterocycles. The van der Waals surface area contributed by atoms with E-state index >= 15 is 0 Å². The summed E-state index contributed by atoms with van der Waals surface area (Å²) in [5.74, 6) is -0.0817. The van der Waals surface area contributed by atoms with E-state index in [1.165, 1.54) is 11.3 Å². The second-order valence-electron chi connectivity index (χ2n) is 3.65. The van der Waals surface area contributed by atoms with E-state index in [0.29, 0.717) is 22.3 Å². The molecule has 2 aromatic rings. The highest BCUT2D eigenvalue weighted by Crippen LogP contribution is 2.20. The van der Waals surface area contributed by atoms with Crippen LogP contribution in [0.5, 0.6) is 0 Å². The van der Waals surface area contributed by atoms with Gasteiger partial charge in [0.15, 0.2) is 0 Å². The Bertz CT molecular complexity index is 513. The second-order valence-corrected chi connectivity index (χ2v) is 5.37. The minimum Gasteiger partial charge on any atom is -0.383 e. The molecule has 1 aromatic carbocycles. The van der Waals surface area contributed by atoms with Crippen LogP contribution in [-0.2, 0) is 0 Å². The summed E-state index contributed by atoms with van der Waals surface area (Å²) < 4.78 is 0.627. The van der Waals surface area contributed by atoms with Crippen molar-refractivity contribution in [3.05, 3.63) is 51.7 Å². The zero-order chi connectivity index (χ0) is 12.8. The number of para-hydroxylation sites is 1. The molecule has 0 aliphatic carbocycles. The topological polar surface area (TPSA) is 41.1 Å². The number of anilines is 1. The van der Waals surface area contributed by atoms with Crippen molar-refractivity contribution in [2.75, 3.05) is 18.4 Å². The van der Waals surface area contributed by atoms with Gasteiger partial charge in [-0.05, 0) is 24.3 Å². The molecule has 5 heteroatoms. The molecule has 1 aromatic heterocycles. The van der Waals surface area contributed by atoms with Gasteiger partial charge >= 0.3 is 0 Å². The number of halogens is 1. The molecule has 0 fully saturated rings. The van der Waals surface area contributed by atoms with E-state index in [4.69, 9.17) is 11.6 Å². The smallest absolute Gasteiger partial charge is 0.261 e. The van der Waals surface area contributed by atoms with Crippen LogP contribution < -0.4 is 10.6 Å². The number of hydrogen-bond acceptors (Lipinski definition) is 3. The number of nitrogens with one attached hydrogen (secondary N) is 2. The Labute approximate surface area is 115 Å². The van der Waals surface area contributed by atoms with E-state index in [2.05, 4.69) is 10.6 Å². The maximum Gasteiger partial charge on any atom is 0.261 e. The van der Waals surface area contributed by atoms with Gasteiger partial charge in [0, 0.05) is 18.8 Å². The molecule has 0 spiro atoms. The Morgan fingerprint density at radius 1 is 1.11 bits per heavy atom. The van der Waals surface area contributed by atoms with Crippen LogP contribution in [0.3, 0.4) is 0 Å². The molecule has 18 heavy (non-hydrogen) atoms. The van der Waals surface area contributed by atoms with Gasteiger partial charge in [0.1, 0.15) is 0 Å². The quantitative estimate of drug-likeness (QED) is 0.826. The highest BCUT2D eigenvalue weighted by Gasteiger charge is 2.07. The third-order valence-electron chi connectivity index (χ3n) is 2.31. The lowest BCUT2D eigenvalue weighted by Gasteiger charge is -2.06. The van der Waals surface area contributed by atoms with Crippen LogP contribution in [-0.4, -0.2) is 19.0 Å². The van der Waals surface area contributed by atoms with Gasteiger partial charge in [-0.2, -0.15) is 0 Å². The Morgan fingerprint density at radius 2 is 1.89 bits per heavy atom. The zero-order valence-corrected chi connectivity index (χ0v) is 11.2. The second kappa shape index (κ2) is 6.42. The lowest BCUT2D eigenvalue weighted by molar-refractivity contribution is 0.0959. The minimum atomic E-state index is -0.0817. The number of hydrogen-bond donors (Lipinski definition) is 2. The molecule has 3 nitrogen and oxygen atoms in total. The third-order valence-corrected chi connectivity index (χ3v) is 3.54. The number of carbonyl (C=O) groups is 1. The fourth-order valence-electron chi connectivity index (χ4n) is 1.46. The van der Waals surface area contributed by atoms with Crippen molar-refractivity contribution >= 4 is 34.5 Å². The van der Waals surface area contributed by atoms with Crippen molar-refractivity contribution < 1.29 is 4.79 Å². The van der Waals surface area contributed by atoms with Crippen LogP contribution in [0, 0.1) is 0 Å². The number of thiophene rings is 1. The predicted octanol–water partition coefficient (Wildman–Crippen LogP) is 3.24. The SMILES string of the molecule is O=C(NCCNc1ccccc1)c1ccc(Cl)s1. The van der Waals surface area contributed by atoms with Crippen LogP contribution in [0.15, 0.2) is 42.5 Å². The van der Waals surface area contributed by atoms with Crippen LogP contribution in [0.25, 0.3) is 0 Å². The van der Waals surface area contributed by atoms with Crippen molar-refractivity contribution in [1.29, 1.82) is 0 Å². The van der Waals surface area contributed by atoms with Crippen molar-refractivity contribution in [2.24, 2.45) is 0 Å². The fourth-order valence-corrected chi connectivity index (χ4v) is 2.42. The Kier molecular flexibility index (Phi) is 4.61. The summed E-state index contributed by atoms with van der Waals surface area (Å²) in [5, 5.41) is 6.05. The molecule has 0 aliphatic rings. The summed E-state index contributed by atoms with van der Waals surface area (Å²) >= 11 is 7.06. The predicted molar refractivity (Wildman–Crippen MR) is 76.6 cm³/mol. The normalized spacial score (nSPS) is 10.1. The first-order chi connectivity index (χ1) is 8.75. The molecule has 2 N–H and O–H groups in total. The summed E-state index contributed by atoms with van der Waals surface area (Å²) in [7, 11) is 0. The molecule has 0 bridgehead atoms. The largest absolute Gasteiger partial charge is 0.383 e. The molecule has 0 saturated carbocycles. The maximum absolute atomic E-state index is 11.7.